The number of nitrogens with one attached hydrogen (secondary N) is 2. The Bertz CT molecular complexity index is 319. The third kappa shape index (κ3) is 3.26. The summed E-state index contributed by atoms with van der Waals surface area (Å²) in [5.41, 5.74) is 1.71. The number of hydrogen-bond acceptors (Lipinski definition) is 2. The van der Waals surface area contributed by atoms with Crippen molar-refractivity contribution >= 4 is 18.0 Å². The predicted octanol–water partition coefficient (Wildman–Crippen LogP) is 0.802. The molecular formula is C10H11N2O2. The van der Waals surface area contributed by atoms with E-state index in [1.807, 2.05) is 12.1 Å². The van der Waals surface area contributed by atoms with Crippen molar-refractivity contribution in [2.24, 2.45) is 0 Å². The van der Waals surface area contributed by atoms with Gasteiger partial charge in [-0.25, -0.2) is 0 Å². The summed E-state index contributed by atoms with van der Waals surface area (Å²) in [6.07, 6.45) is 1.59. The number of rotatable bonds is 4. The molecule has 0 unspecified atom stereocenters. The molecule has 0 heterocycles. The molecule has 1 rings (SSSR count). The molecule has 1 aromatic carbocycles. The van der Waals surface area contributed by atoms with Crippen LogP contribution in [0.4, 0.5) is 5.69 Å². The highest BCUT2D eigenvalue weighted by molar-refractivity contribution is 5.88. The van der Waals surface area contributed by atoms with Gasteiger partial charge >= 0.3 is 6.41 Å². The maximum atomic E-state index is 10.7. The molecule has 0 saturated heterocycles. The minimum absolute atomic E-state index is 0.0999. The van der Waals surface area contributed by atoms with E-state index in [-0.39, 0.29) is 5.91 Å². The molecular weight excluding hydrogens is 180 g/mol. The van der Waals surface area contributed by atoms with Crippen LogP contribution < -0.4 is 10.6 Å². The van der Waals surface area contributed by atoms with E-state index in [0.29, 0.717) is 6.54 Å². The lowest BCUT2D eigenvalue weighted by molar-refractivity contribution is -0.114. The summed E-state index contributed by atoms with van der Waals surface area (Å²) in [5, 5.41) is 5.08. The smallest absolute Gasteiger partial charge is 0.309 e. The molecule has 14 heavy (non-hydrogen) atoms. The highest BCUT2D eigenvalue weighted by Crippen LogP contribution is 2.08. The monoisotopic (exact) mass is 191 g/mol. The molecule has 1 aromatic rings. The van der Waals surface area contributed by atoms with Crippen LogP contribution in [0.15, 0.2) is 24.3 Å². The Morgan fingerprint density at radius 1 is 1.36 bits per heavy atom. The van der Waals surface area contributed by atoms with E-state index in [1.54, 1.807) is 18.5 Å². The van der Waals surface area contributed by atoms with Crippen LogP contribution in [-0.2, 0) is 16.1 Å². The van der Waals surface area contributed by atoms with Gasteiger partial charge in [-0.1, -0.05) is 12.1 Å². The number of carbonyl (C=O) groups excluding carboxylic acids is 2. The fourth-order valence-corrected chi connectivity index (χ4v) is 1.05. The van der Waals surface area contributed by atoms with Crippen molar-refractivity contribution in [2.75, 3.05) is 5.32 Å². The standard InChI is InChI=1S/C10H11N2O2/c1-8(14)12-10-4-2-9(3-5-10)6-11-7-13/h2-5H,6H2,1H3,(H,11,13)(H,12,14). The van der Waals surface area contributed by atoms with Gasteiger partial charge in [0.2, 0.25) is 5.91 Å². The highest BCUT2D eigenvalue weighted by atomic mass is 16.1. The summed E-state index contributed by atoms with van der Waals surface area (Å²) >= 11 is 0. The van der Waals surface area contributed by atoms with Crippen molar-refractivity contribution in [1.82, 2.24) is 5.32 Å². The van der Waals surface area contributed by atoms with Gasteiger partial charge in [0, 0.05) is 19.2 Å². The topological polar surface area (TPSA) is 58.2 Å². The van der Waals surface area contributed by atoms with E-state index < -0.39 is 0 Å². The first kappa shape index (κ1) is 10.2. The molecule has 0 aliphatic rings. The van der Waals surface area contributed by atoms with E-state index in [4.69, 9.17) is 0 Å². The summed E-state index contributed by atoms with van der Waals surface area (Å²) in [6, 6.07) is 7.22. The molecule has 0 aromatic heterocycles. The van der Waals surface area contributed by atoms with Gasteiger partial charge in [-0.3, -0.25) is 9.59 Å². The summed E-state index contributed by atoms with van der Waals surface area (Å²) in [5.74, 6) is -0.0999. The Morgan fingerprint density at radius 3 is 2.50 bits per heavy atom. The molecule has 0 saturated carbocycles. The molecule has 4 heteroatoms. The van der Waals surface area contributed by atoms with Gasteiger partial charge in [0.25, 0.3) is 0 Å². The predicted molar refractivity (Wildman–Crippen MR) is 53.3 cm³/mol. The van der Waals surface area contributed by atoms with Crippen LogP contribution in [0.2, 0.25) is 0 Å². The largest absolute Gasteiger partial charge is 0.344 e. The quantitative estimate of drug-likeness (QED) is 0.691. The Kier molecular flexibility index (Phi) is 3.67. The SMILES string of the molecule is CC(=O)Nc1ccc(CN[C]=O)cc1. The lowest BCUT2D eigenvalue weighted by Gasteiger charge is -2.03. The molecule has 73 valence electrons. The van der Waals surface area contributed by atoms with Gasteiger partial charge < -0.3 is 10.6 Å². The number of hydrogen-bond donors (Lipinski definition) is 2. The van der Waals surface area contributed by atoms with Crippen molar-refractivity contribution in [3.63, 3.8) is 0 Å². The van der Waals surface area contributed by atoms with Crippen LogP contribution in [0, 0.1) is 0 Å². The van der Waals surface area contributed by atoms with E-state index in [9.17, 15) is 9.59 Å². The lowest BCUT2D eigenvalue weighted by atomic mass is 10.2. The van der Waals surface area contributed by atoms with Gasteiger partial charge in [-0.2, -0.15) is 0 Å². The number of amides is 2. The van der Waals surface area contributed by atoms with Gasteiger partial charge in [0.1, 0.15) is 0 Å². The Labute approximate surface area is 82.3 Å². The maximum Gasteiger partial charge on any atom is 0.309 e. The lowest BCUT2D eigenvalue weighted by Crippen LogP contribution is -2.10. The van der Waals surface area contributed by atoms with Crippen LogP contribution in [-0.4, -0.2) is 12.3 Å². The second-order valence-electron chi connectivity index (χ2n) is 2.83. The Hall–Kier alpha value is -1.84. The van der Waals surface area contributed by atoms with Gasteiger partial charge in [0.05, 0.1) is 0 Å². The first-order valence-electron chi connectivity index (χ1n) is 4.19. The second kappa shape index (κ2) is 5.01. The van der Waals surface area contributed by atoms with Crippen molar-refractivity contribution in [2.45, 2.75) is 13.5 Å². The Morgan fingerprint density at radius 2 is 2.00 bits per heavy atom. The third-order valence-electron chi connectivity index (χ3n) is 1.64. The first-order chi connectivity index (χ1) is 6.72. The summed E-state index contributed by atoms with van der Waals surface area (Å²) < 4.78 is 0. The number of anilines is 1. The van der Waals surface area contributed by atoms with Crippen LogP contribution in [0.5, 0.6) is 0 Å². The van der Waals surface area contributed by atoms with E-state index in [0.717, 1.165) is 11.3 Å². The fraction of sp³-hybridized carbons (Fsp3) is 0.200. The molecule has 2 N–H and O–H groups in total. The van der Waals surface area contributed by atoms with Crippen molar-refractivity contribution in [3.05, 3.63) is 29.8 Å². The van der Waals surface area contributed by atoms with Gasteiger partial charge in [-0.15, -0.1) is 0 Å². The van der Waals surface area contributed by atoms with E-state index >= 15 is 0 Å². The fourth-order valence-electron chi connectivity index (χ4n) is 1.05. The molecule has 0 bridgehead atoms. The van der Waals surface area contributed by atoms with Crippen LogP contribution in [0.1, 0.15) is 12.5 Å². The zero-order valence-electron chi connectivity index (χ0n) is 7.83. The average molecular weight is 191 g/mol. The van der Waals surface area contributed by atoms with Gasteiger partial charge in [-0.05, 0) is 17.7 Å². The van der Waals surface area contributed by atoms with E-state index in [1.165, 1.54) is 6.92 Å². The molecule has 0 spiro atoms. The molecule has 0 aliphatic heterocycles. The third-order valence-corrected chi connectivity index (χ3v) is 1.64. The summed E-state index contributed by atoms with van der Waals surface area (Å²) in [6.45, 7) is 1.90. The molecule has 0 fully saturated rings. The first-order valence-corrected chi connectivity index (χ1v) is 4.19. The van der Waals surface area contributed by atoms with Crippen LogP contribution >= 0.6 is 0 Å². The van der Waals surface area contributed by atoms with Crippen molar-refractivity contribution in [1.29, 1.82) is 0 Å². The van der Waals surface area contributed by atoms with Crippen LogP contribution in [0.25, 0.3) is 0 Å². The molecule has 0 atom stereocenters. The zero-order chi connectivity index (χ0) is 10.4. The Balaban J connectivity index is 2.58. The molecule has 4 nitrogen and oxygen atoms in total. The molecule has 1 radical (unpaired) electrons. The number of carbonyl (C=O) groups is 1. The molecule has 0 aliphatic carbocycles. The second-order valence-corrected chi connectivity index (χ2v) is 2.83. The number of benzene rings is 1. The highest BCUT2D eigenvalue weighted by Gasteiger charge is 1.95. The zero-order valence-corrected chi connectivity index (χ0v) is 7.83. The minimum atomic E-state index is -0.0999. The summed E-state index contributed by atoms with van der Waals surface area (Å²) in [4.78, 5) is 20.6. The summed E-state index contributed by atoms with van der Waals surface area (Å²) in [7, 11) is 0. The van der Waals surface area contributed by atoms with E-state index in [2.05, 4.69) is 10.6 Å². The van der Waals surface area contributed by atoms with Gasteiger partial charge in [0.15, 0.2) is 0 Å². The molecule has 2 amide bonds. The maximum absolute atomic E-state index is 10.7. The minimum Gasteiger partial charge on any atom is -0.344 e. The van der Waals surface area contributed by atoms with Crippen molar-refractivity contribution < 1.29 is 9.59 Å². The van der Waals surface area contributed by atoms with Crippen molar-refractivity contribution in [3.8, 4) is 0 Å². The van der Waals surface area contributed by atoms with Crippen LogP contribution in [0.3, 0.4) is 0 Å². The normalized spacial score (nSPS) is 9.21. The average Bonchev–Trinajstić information content (AvgIpc) is 2.16.